The minimum absolute atomic E-state index is 0.202. The van der Waals surface area contributed by atoms with Gasteiger partial charge in [0.15, 0.2) is 5.13 Å². The number of pyridine rings is 1. The Morgan fingerprint density at radius 3 is 2.28 bits per heavy atom. The molecule has 0 unspecified atom stereocenters. The van der Waals surface area contributed by atoms with Crippen molar-refractivity contribution in [3.8, 4) is 10.4 Å². The number of nitrogens with one attached hydrogen (secondary N) is 2. The minimum Gasteiger partial charge on any atom is -0.375 e. The van der Waals surface area contributed by atoms with E-state index >= 15 is 0 Å². The lowest BCUT2D eigenvalue weighted by atomic mass is 10.1. The molecule has 0 aliphatic carbocycles. The topological polar surface area (TPSA) is 110 Å². The number of nitrogens with two attached hydrogens (primary N) is 1. The summed E-state index contributed by atoms with van der Waals surface area (Å²) in [5, 5.41) is 7.76. The van der Waals surface area contributed by atoms with Gasteiger partial charge >= 0.3 is 0 Å². The zero-order valence-electron chi connectivity index (χ0n) is 15.5. The molecule has 4 aromatic rings. The molecule has 0 bridgehead atoms. The van der Waals surface area contributed by atoms with Crippen LogP contribution < -0.4 is 16.4 Å². The molecule has 0 aliphatic heterocycles. The van der Waals surface area contributed by atoms with E-state index in [2.05, 4.69) is 20.6 Å². The Morgan fingerprint density at radius 2 is 1.62 bits per heavy atom. The molecule has 8 heteroatoms. The number of aromatic nitrogens is 2. The van der Waals surface area contributed by atoms with E-state index in [-0.39, 0.29) is 11.8 Å². The van der Waals surface area contributed by atoms with Gasteiger partial charge in [0.25, 0.3) is 11.8 Å². The molecule has 2 heterocycles. The molecule has 7 nitrogen and oxygen atoms in total. The van der Waals surface area contributed by atoms with Gasteiger partial charge in [-0.1, -0.05) is 23.5 Å². The summed E-state index contributed by atoms with van der Waals surface area (Å²) in [7, 11) is 1.56. The monoisotopic (exact) mass is 403 g/mol. The van der Waals surface area contributed by atoms with Crippen LogP contribution in [0.25, 0.3) is 21.2 Å². The third-order valence-corrected chi connectivity index (χ3v) is 5.28. The van der Waals surface area contributed by atoms with Gasteiger partial charge in [0.1, 0.15) is 5.82 Å². The van der Waals surface area contributed by atoms with Crippen molar-refractivity contribution in [2.45, 2.75) is 0 Å². The van der Waals surface area contributed by atoms with Gasteiger partial charge < -0.3 is 16.4 Å². The molecule has 0 spiro atoms. The van der Waals surface area contributed by atoms with Crippen molar-refractivity contribution in [2.24, 2.45) is 0 Å². The van der Waals surface area contributed by atoms with Crippen LogP contribution in [0.4, 0.5) is 10.9 Å². The third-order valence-electron chi connectivity index (χ3n) is 4.41. The molecule has 29 heavy (non-hydrogen) atoms. The number of anilines is 2. The summed E-state index contributed by atoms with van der Waals surface area (Å²) in [6.07, 6.45) is 3.46. The SMILES string of the molecule is CNC(=O)c1ccc(C(=O)Nc2cc3cc(-c4cnc(N)s4)ccc3cn2)cc1. The van der Waals surface area contributed by atoms with E-state index in [9.17, 15) is 9.59 Å². The van der Waals surface area contributed by atoms with E-state index in [4.69, 9.17) is 5.73 Å². The second kappa shape index (κ2) is 7.69. The lowest BCUT2D eigenvalue weighted by Gasteiger charge is -2.07. The predicted octanol–water partition coefficient (Wildman–Crippen LogP) is 3.55. The van der Waals surface area contributed by atoms with Crippen molar-refractivity contribution in [2.75, 3.05) is 18.1 Å². The number of carbonyl (C=O) groups is 2. The summed E-state index contributed by atoms with van der Waals surface area (Å²) in [6.45, 7) is 0. The summed E-state index contributed by atoms with van der Waals surface area (Å²) >= 11 is 1.42. The summed E-state index contributed by atoms with van der Waals surface area (Å²) < 4.78 is 0. The smallest absolute Gasteiger partial charge is 0.256 e. The Hall–Kier alpha value is -3.78. The number of hydrogen-bond donors (Lipinski definition) is 3. The molecule has 0 fully saturated rings. The Labute approximate surface area is 170 Å². The van der Waals surface area contributed by atoms with Crippen LogP contribution in [0.5, 0.6) is 0 Å². The van der Waals surface area contributed by atoms with E-state index in [1.165, 1.54) is 11.3 Å². The van der Waals surface area contributed by atoms with Crippen molar-refractivity contribution in [3.63, 3.8) is 0 Å². The van der Waals surface area contributed by atoms with Crippen molar-refractivity contribution in [3.05, 3.63) is 72.1 Å². The highest BCUT2D eigenvalue weighted by molar-refractivity contribution is 7.18. The quantitative estimate of drug-likeness (QED) is 0.483. The number of rotatable bonds is 4. The minimum atomic E-state index is -0.299. The van der Waals surface area contributed by atoms with E-state index in [0.717, 1.165) is 21.2 Å². The fraction of sp³-hybridized carbons (Fsp3) is 0.0476. The zero-order valence-corrected chi connectivity index (χ0v) is 16.3. The molecule has 2 amide bonds. The predicted molar refractivity (Wildman–Crippen MR) is 115 cm³/mol. The van der Waals surface area contributed by atoms with Gasteiger partial charge in [0.2, 0.25) is 0 Å². The van der Waals surface area contributed by atoms with Crippen LogP contribution >= 0.6 is 11.3 Å². The van der Waals surface area contributed by atoms with Crippen LogP contribution in [0, 0.1) is 0 Å². The van der Waals surface area contributed by atoms with E-state index in [1.807, 2.05) is 24.3 Å². The number of fused-ring (bicyclic) bond motifs is 1. The molecule has 144 valence electrons. The number of hydrogen-bond acceptors (Lipinski definition) is 6. The summed E-state index contributed by atoms with van der Waals surface area (Å²) in [4.78, 5) is 33.5. The first kappa shape index (κ1) is 18.6. The lowest BCUT2D eigenvalue weighted by molar-refractivity contribution is 0.0961. The van der Waals surface area contributed by atoms with Crippen LogP contribution in [0.15, 0.2) is 60.9 Å². The number of amides is 2. The fourth-order valence-corrected chi connectivity index (χ4v) is 3.57. The number of thiazole rings is 1. The first-order chi connectivity index (χ1) is 14.0. The van der Waals surface area contributed by atoms with Gasteiger partial charge in [-0.15, -0.1) is 0 Å². The van der Waals surface area contributed by atoms with Crippen LogP contribution in [0.1, 0.15) is 20.7 Å². The maximum Gasteiger partial charge on any atom is 0.256 e. The standard InChI is InChI=1S/C21H17N5O2S/c1-23-19(27)12-2-4-13(5-3-12)20(28)26-18-9-16-8-14(6-7-15(16)10-24-18)17-11-25-21(22)29-17/h2-11H,1H3,(H2,22,25)(H,23,27)(H,24,26,28). The zero-order chi connectivity index (χ0) is 20.4. The van der Waals surface area contributed by atoms with Crippen LogP contribution in [0.2, 0.25) is 0 Å². The van der Waals surface area contributed by atoms with Crippen molar-refractivity contribution in [1.82, 2.24) is 15.3 Å². The van der Waals surface area contributed by atoms with Crippen molar-refractivity contribution < 1.29 is 9.59 Å². The maximum atomic E-state index is 12.5. The first-order valence-corrected chi connectivity index (χ1v) is 9.60. The number of carbonyl (C=O) groups excluding carboxylic acids is 2. The van der Waals surface area contributed by atoms with E-state index < -0.39 is 0 Å². The Morgan fingerprint density at radius 1 is 0.897 bits per heavy atom. The molecule has 4 rings (SSSR count). The number of nitrogen functional groups attached to an aromatic ring is 1. The average Bonchev–Trinajstić information content (AvgIpc) is 3.19. The Bertz CT molecular complexity index is 1220. The van der Waals surface area contributed by atoms with Crippen LogP contribution in [-0.4, -0.2) is 28.8 Å². The van der Waals surface area contributed by atoms with Gasteiger partial charge in [0.05, 0.1) is 4.88 Å². The van der Waals surface area contributed by atoms with Gasteiger partial charge in [-0.25, -0.2) is 9.97 Å². The van der Waals surface area contributed by atoms with Gasteiger partial charge in [-0.05, 0) is 47.3 Å². The average molecular weight is 403 g/mol. The maximum absolute atomic E-state index is 12.5. The molecule has 4 N–H and O–H groups in total. The molecule has 0 radical (unpaired) electrons. The largest absolute Gasteiger partial charge is 0.375 e. The molecule has 0 saturated carbocycles. The third kappa shape index (κ3) is 3.92. The van der Waals surface area contributed by atoms with Gasteiger partial charge in [0, 0.05) is 36.0 Å². The Balaban J connectivity index is 1.57. The van der Waals surface area contributed by atoms with Crippen LogP contribution in [0.3, 0.4) is 0 Å². The number of nitrogens with zero attached hydrogens (tertiary/aromatic N) is 2. The summed E-state index contributed by atoms with van der Waals surface area (Å²) in [6, 6.07) is 14.2. The summed E-state index contributed by atoms with van der Waals surface area (Å²) in [5.74, 6) is -0.0582. The summed E-state index contributed by atoms with van der Waals surface area (Å²) in [5.41, 5.74) is 7.65. The van der Waals surface area contributed by atoms with Crippen molar-refractivity contribution >= 4 is 44.9 Å². The van der Waals surface area contributed by atoms with Crippen molar-refractivity contribution in [1.29, 1.82) is 0 Å². The van der Waals surface area contributed by atoms with Crippen LogP contribution in [-0.2, 0) is 0 Å². The number of benzene rings is 2. The highest BCUT2D eigenvalue weighted by atomic mass is 32.1. The Kier molecular flexibility index (Phi) is 4.92. The fourth-order valence-electron chi connectivity index (χ4n) is 2.89. The second-order valence-electron chi connectivity index (χ2n) is 6.30. The molecule has 0 aliphatic rings. The molecule has 2 aromatic heterocycles. The second-order valence-corrected chi connectivity index (χ2v) is 7.37. The highest BCUT2D eigenvalue weighted by Crippen LogP contribution is 2.30. The lowest BCUT2D eigenvalue weighted by Crippen LogP contribution is -2.18. The van der Waals surface area contributed by atoms with Gasteiger partial charge in [-0.2, -0.15) is 0 Å². The van der Waals surface area contributed by atoms with Gasteiger partial charge in [-0.3, -0.25) is 9.59 Å². The van der Waals surface area contributed by atoms with E-state index in [0.29, 0.717) is 22.1 Å². The first-order valence-electron chi connectivity index (χ1n) is 8.78. The molecular formula is C21H17N5O2S. The van der Waals surface area contributed by atoms with E-state index in [1.54, 1.807) is 43.7 Å². The molecule has 2 aromatic carbocycles. The molecule has 0 atom stereocenters. The molecular weight excluding hydrogens is 386 g/mol. The highest BCUT2D eigenvalue weighted by Gasteiger charge is 2.10. The normalized spacial score (nSPS) is 10.7. The molecule has 0 saturated heterocycles.